The maximum Gasteiger partial charge on any atom is 0.265 e. The molecule has 0 bridgehead atoms. The van der Waals surface area contributed by atoms with E-state index >= 15 is 0 Å². The van der Waals surface area contributed by atoms with Gasteiger partial charge in [-0.2, -0.15) is 5.10 Å². The zero-order valence-electron chi connectivity index (χ0n) is 16.4. The summed E-state index contributed by atoms with van der Waals surface area (Å²) in [7, 11) is 0. The summed E-state index contributed by atoms with van der Waals surface area (Å²) in [6, 6.07) is 16.9. The second-order valence-electron chi connectivity index (χ2n) is 6.96. The van der Waals surface area contributed by atoms with Crippen molar-refractivity contribution in [3.63, 3.8) is 0 Å². The molecule has 148 valence electrons. The normalized spacial score (nSPS) is 13.0. The first-order chi connectivity index (χ1) is 14.0. The number of carbonyl (C=O) groups is 2. The molecule has 0 saturated carbocycles. The van der Waals surface area contributed by atoms with Crippen LogP contribution in [0.2, 0.25) is 0 Å². The van der Waals surface area contributed by atoms with Gasteiger partial charge in [0.1, 0.15) is 5.75 Å². The largest absolute Gasteiger partial charge is 0.482 e. The van der Waals surface area contributed by atoms with Crippen LogP contribution in [-0.2, 0) is 9.59 Å². The predicted octanol–water partition coefficient (Wildman–Crippen LogP) is 3.24. The van der Waals surface area contributed by atoms with Gasteiger partial charge >= 0.3 is 0 Å². The Morgan fingerprint density at radius 2 is 1.83 bits per heavy atom. The quantitative estimate of drug-likeness (QED) is 0.726. The van der Waals surface area contributed by atoms with Crippen molar-refractivity contribution in [2.24, 2.45) is 0 Å². The van der Waals surface area contributed by atoms with Gasteiger partial charge in [0.05, 0.1) is 22.8 Å². The van der Waals surface area contributed by atoms with Crippen LogP contribution in [-0.4, -0.2) is 34.7 Å². The number of anilines is 2. The van der Waals surface area contributed by atoms with Gasteiger partial charge in [-0.1, -0.05) is 24.3 Å². The Hall–Kier alpha value is -3.61. The molecule has 2 heterocycles. The Morgan fingerprint density at radius 3 is 2.59 bits per heavy atom. The number of carbonyl (C=O) groups excluding carboxylic acids is 2. The molecule has 0 spiro atoms. The fourth-order valence-corrected chi connectivity index (χ4v) is 3.46. The second kappa shape index (κ2) is 7.79. The summed E-state index contributed by atoms with van der Waals surface area (Å²) < 4.78 is 7.26. The Bertz CT molecular complexity index is 1070. The topological polar surface area (TPSA) is 76.5 Å². The van der Waals surface area contributed by atoms with Crippen LogP contribution >= 0.6 is 0 Å². The van der Waals surface area contributed by atoms with Crippen molar-refractivity contribution in [1.82, 2.24) is 9.78 Å². The van der Waals surface area contributed by atoms with Crippen molar-refractivity contribution in [2.45, 2.75) is 20.3 Å². The summed E-state index contributed by atoms with van der Waals surface area (Å²) in [6.07, 6.45) is 0.172. The van der Waals surface area contributed by atoms with Gasteiger partial charge in [-0.3, -0.25) is 9.59 Å². The maximum atomic E-state index is 12.6. The van der Waals surface area contributed by atoms with Gasteiger partial charge in [0.2, 0.25) is 5.91 Å². The van der Waals surface area contributed by atoms with Gasteiger partial charge in [-0.15, -0.1) is 0 Å². The molecule has 7 heteroatoms. The van der Waals surface area contributed by atoms with E-state index in [-0.39, 0.29) is 31.4 Å². The molecule has 4 rings (SSSR count). The summed E-state index contributed by atoms with van der Waals surface area (Å²) in [5.41, 5.74) is 4.07. The van der Waals surface area contributed by atoms with E-state index in [0.717, 1.165) is 17.1 Å². The lowest BCUT2D eigenvalue weighted by molar-refractivity contribution is -0.121. The number of fused-ring (bicyclic) bond motifs is 1. The number of benzene rings is 2. The van der Waals surface area contributed by atoms with Crippen LogP contribution < -0.4 is 15.0 Å². The summed E-state index contributed by atoms with van der Waals surface area (Å²) in [5, 5.41) is 7.46. The Kier molecular flexibility index (Phi) is 5.03. The third kappa shape index (κ3) is 3.85. The highest BCUT2D eigenvalue weighted by Gasteiger charge is 2.25. The molecule has 3 aromatic rings. The number of aryl methyl sites for hydroxylation is 2. The van der Waals surface area contributed by atoms with Crippen LogP contribution in [0.3, 0.4) is 0 Å². The van der Waals surface area contributed by atoms with E-state index in [1.165, 1.54) is 0 Å². The first-order valence-corrected chi connectivity index (χ1v) is 9.47. The summed E-state index contributed by atoms with van der Waals surface area (Å²) in [4.78, 5) is 26.5. The number of para-hydroxylation sites is 4. The number of nitrogens with zero attached hydrogens (tertiary/aromatic N) is 3. The number of nitrogens with one attached hydrogen (secondary N) is 1. The molecule has 1 aliphatic heterocycles. The lowest BCUT2D eigenvalue weighted by atomic mass is 10.2. The number of amides is 2. The summed E-state index contributed by atoms with van der Waals surface area (Å²) in [5.74, 6) is 0.331. The highest BCUT2D eigenvalue weighted by atomic mass is 16.5. The third-order valence-electron chi connectivity index (χ3n) is 4.79. The fourth-order valence-electron chi connectivity index (χ4n) is 3.46. The molecular formula is C22H22N4O3. The van der Waals surface area contributed by atoms with Crippen molar-refractivity contribution < 1.29 is 14.3 Å². The molecule has 0 atom stereocenters. The molecule has 1 N–H and O–H groups in total. The van der Waals surface area contributed by atoms with Crippen LogP contribution in [0.4, 0.5) is 11.4 Å². The molecule has 2 amide bonds. The average molecular weight is 390 g/mol. The van der Waals surface area contributed by atoms with Crippen molar-refractivity contribution in [2.75, 3.05) is 23.4 Å². The lowest BCUT2D eigenvalue weighted by Crippen LogP contribution is -2.40. The minimum Gasteiger partial charge on any atom is -0.482 e. The van der Waals surface area contributed by atoms with Crippen LogP contribution in [0, 0.1) is 13.8 Å². The van der Waals surface area contributed by atoms with E-state index in [9.17, 15) is 9.59 Å². The van der Waals surface area contributed by atoms with Gasteiger partial charge in [-0.25, -0.2) is 4.68 Å². The zero-order valence-corrected chi connectivity index (χ0v) is 16.4. The molecule has 1 aliphatic rings. The molecule has 2 aromatic carbocycles. The first kappa shape index (κ1) is 18.7. The van der Waals surface area contributed by atoms with Gasteiger partial charge in [0.15, 0.2) is 6.61 Å². The van der Waals surface area contributed by atoms with E-state index in [2.05, 4.69) is 10.4 Å². The number of aromatic nitrogens is 2. The van der Waals surface area contributed by atoms with E-state index in [4.69, 9.17) is 4.74 Å². The highest BCUT2D eigenvalue weighted by molar-refractivity contribution is 5.99. The van der Waals surface area contributed by atoms with Crippen molar-refractivity contribution in [3.8, 4) is 11.4 Å². The average Bonchev–Trinajstić information content (AvgIpc) is 3.05. The molecule has 0 saturated heterocycles. The van der Waals surface area contributed by atoms with Crippen molar-refractivity contribution >= 4 is 23.2 Å². The fraction of sp³-hybridized carbons (Fsp3) is 0.227. The van der Waals surface area contributed by atoms with Crippen molar-refractivity contribution in [3.05, 3.63) is 66.0 Å². The van der Waals surface area contributed by atoms with Crippen LogP contribution in [0.15, 0.2) is 54.6 Å². The first-order valence-electron chi connectivity index (χ1n) is 9.47. The number of hydrogen-bond acceptors (Lipinski definition) is 4. The summed E-state index contributed by atoms with van der Waals surface area (Å²) >= 11 is 0. The standard InChI is InChI=1S/C22H22N4O3/c1-15-13-16(2)26(24-15)18-8-4-3-7-17(18)23-21(27)11-12-25-19-9-5-6-10-20(19)29-14-22(25)28/h3-10,13H,11-12,14H2,1-2H3,(H,23,27). The van der Waals surface area contributed by atoms with Gasteiger partial charge in [0, 0.05) is 18.7 Å². The maximum absolute atomic E-state index is 12.6. The zero-order chi connectivity index (χ0) is 20.4. The number of ether oxygens (including phenoxy) is 1. The Morgan fingerprint density at radius 1 is 1.10 bits per heavy atom. The van der Waals surface area contributed by atoms with E-state index in [1.54, 1.807) is 4.90 Å². The predicted molar refractivity (Wildman–Crippen MR) is 111 cm³/mol. The summed E-state index contributed by atoms with van der Waals surface area (Å²) in [6.45, 7) is 4.18. The molecule has 0 aliphatic carbocycles. The molecule has 7 nitrogen and oxygen atoms in total. The molecule has 29 heavy (non-hydrogen) atoms. The molecule has 0 fully saturated rings. The Balaban J connectivity index is 1.48. The minimum absolute atomic E-state index is 0.0145. The highest BCUT2D eigenvalue weighted by Crippen LogP contribution is 2.31. The third-order valence-corrected chi connectivity index (χ3v) is 4.79. The number of hydrogen-bond donors (Lipinski definition) is 1. The van der Waals surface area contributed by atoms with E-state index in [1.807, 2.05) is 73.1 Å². The number of rotatable bonds is 5. The monoisotopic (exact) mass is 390 g/mol. The molecule has 1 aromatic heterocycles. The molecular weight excluding hydrogens is 368 g/mol. The van der Waals surface area contributed by atoms with Gasteiger partial charge in [-0.05, 0) is 44.2 Å². The SMILES string of the molecule is Cc1cc(C)n(-c2ccccc2NC(=O)CCN2C(=O)COc3ccccc32)n1. The second-order valence-corrected chi connectivity index (χ2v) is 6.96. The van der Waals surface area contributed by atoms with Crippen LogP contribution in [0.5, 0.6) is 5.75 Å². The van der Waals surface area contributed by atoms with Gasteiger partial charge < -0.3 is 15.0 Å². The lowest BCUT2D eigenvalue weighted by Gasteiger charge is -2.29. The molecule has 0 unspecified atom stereocenters. The van der Waals surface area contributed by atoms with Crippen LogP contribution in [0.25, 0.3) is 5.69 Å². The van der Waals surface area contributed by atoms with Crippen LogP contribution in [0.1, 0.15) is 17.8 Å². The van der Waals surface area contributed by atoms with E-state index < -0.39 is 0 Å². The smallest absolute Gasteiger partial charge is 0.265 e. The van der Waals surface area contributed by atoms with Gasteiger partial charge in [0.25, 0.3) is 5.91 Å². The van der Waals surface area contributed by atoms with E-state index in [0.29, 0.717) is 17.1 Å². The minimum atomic E-state index is -0.171. The Labute approximate surface area is 168 Å². The van der Waals surface area contributed by atoms with Crippen molar-refractivity contribution in [1.29, 1.82) is 0 Å². The molecule has 0 radical (unpaired) electrons.